The number of aromatic amines is 1. The number of carbonyl (C=O) groups is 1. The van der Waals surface area contributed by atoms with E-state index < -0.39 is 0 Å². The molecule has 1 aromatic carbocycles. The average molecular weight is 368 g/mol. The lowest BCUT2D eigenvalue weighted by atomic mass is 10.1. The zero-order chi connectivity index (χ0) is 15.8. The molecule has 5 nitrogen and oxygen atoms in total. The molecule has 0 radical (unpaired) electrons. The number of nitrogens with zero attached hydrogens (tertiary/aromatic N) is 2. The molecule has 0 amide bonds. The van der Waals surface area contributed by atoms with E-state index in [1.165, 1.54) is 0 Å². The van der Waals surface area contributed by atoms with Crippen LogP contribution < -0.4 is 0 Å². The standard InChI is InChI=1S/C17H10BrN3O2/c18-12-5-11(7-19-8-12)17-20-14-3-1-10(6-15(14)21-17)16-4-2-13(9-22)23-16/h1-9H,(H,20,21). The van der Waals surface area contributed by atoms with E-state index in [9.17, 15) is 4.79 Å². The van der Waals surface area contributed by atoms with Crippen molar-refractivity contribution in [3.05, 3.63) is 59.0 Å². The van der Waals surface area contributed by atoms with Crippen LogP contribution in [-0.2, 0) is 0 Å². The molecule has 0 saturated heterocycles. The lowest BCUT2D eigenvalue weighted by Gasteiger charge is -1.96. The van der Waals surface area contributed by atoms with Crippen LogP contribution in [0.15, 0.2) is 57.7 Å². The molecule has 4 rings (SSSR count). The maximum absolute atomic E-state index is 10.7. The lowest BCUT2D eigenvalue weighted by Crippen LogP contribution is -1.82. The molecule has 4 aromatic rings. The van der Waals surface area contributed by atoms with Crippen molar-refractivity contribution >= 4 is 33.2 Å². The van der Waals surface area contributed by atoms with Gasteiger partial charge in [-0.1, -0.05) is 0 Å². The number of aldehydes is 1. The van der Waals surface area contributed by atoms with Gasteiger partial charge in [0.15, 0.2) is 12.0 Å². The fourth-order valence-corrected chi connectivity index (χ4v) is 2.78. The van der Waals surface area contributed by atoms with Gasteiger partial charge in [0.1, 0.15) is 11.6 Å². The van der Waals surface area contributed by atoms with Crippen molar-refractivity contribution in [3.63, 3.8) is 0 Å². The highest BCUT2D eigenvalue weighted by atomic mass is 79.9. The van der Waals surface area contributed by atoms with Gasteiger partial charge in [-0.25, -0.2) is 4.98 Å². The number of carbonyl (C=O) groups excluding carboxylic acids is 1. The van der Waals surface area contributed by atoms with Crippen molar-refractivity contribution in [1.82, 2.24) is 15.0 Å². The van der Waals surface area contributed by atoms with Crippen LogP contribution in [0.5, 0.6) is 0 Å². The Kier molecular flexibility index (Phi) is 3.31. The van der Waals surface area contributed by atoms with Gasteiger partial charge in [0.2, 0.25) is 0 Å². The number of H-pyrrole nitrogens is 1. The molecule has 0 bridgehead atoms. The molecule has 0 aliphatic carbocycles. The molecule has 112 valence electrons. The number of hydrogen-bond acceptors (Lipinski definition) is 4. The van der Waals surface area contributed by atoms with Gasteiger partial charge < -0.3 is 9.40 Å². The minimum absolute atomic E-state index is 0.311. The molecular formula is C17H10BrN3O2. The van der Waals surface area contributed by atoms with E-state index in [1.807, 2.05) is 24.3 Å². The third-order valence-electron chi connectivity index (χ3n) is 3.49. The summed E-state index contributed by atoms with van der Waals surface area (Å²) in [5.41, 5.74) is 3.53. The molecule has 0 spiro atoms. The number of benzene rings is 1. The van der Waals surface area contributed by atoms with Crippen molar-refractivity contribution in [2.24, 2.45) is 0 Å². The zero-order valence-corrected chi connectivity index (χ0v) is 13.4. The molecule has 0 atom stereocenters. The normalized spacial score (nSPS) is 11.0. The van der Waals surface area contributed by atoms with Gasteiger partial charge >= 0.3 is 0 Å². The summed E-state index contributed by atoms with van der Waals surface area (Å²) in [6, 6.07) is 11.2. The molecule has 0 aliphatic rings. The molecule has 3 heterocycles. The van der Waals surface area contributed by atoms with Crippen molar-refractivity contribution in [2.45, 2.75) is 0 Å². The second kappa shape index (κ2) is 5.48. The summed E-state index contributed by atoms with van der Waals surface area (Å²) in [5, 5.41) is 0. The van der Waals surface area contributed by atoms with Gasteiger partial charge in [0, 0.05) is 28.0 Å². The Bertz CT molecular complexity index is 1020. The van der Waals surface area contributed by atoms with Crippen molar-refractivity contribution in [2.75, 3.05) is 0 Å². The number of fused-ring (bicyclic) bond motifs is 1. The number of nitrogens with one attached hydrogen (secondary N) is 1. The summed E-state index contributed by atoms with van der Waals surface area (Å²) in [6.45, 7) is 0. The number of rotatable bonds is 3. The van der Waals surface area contributed by atoms with Gasteiger partial charge in [0.25, 0.3) is 0 Å². The van der Waals surface area contributed by atoms with E-state index in [0.29, 0.717) is 17.8 Å². The van der Waals surface area contributed by atoms with E-state index >= 15 is 0 Å². The molecular weight excluding hydrogens is 358 g/mol. The topological polar surface area (TPSA) is 71.8 Å². The molecule has 0 unspecified atom stereocenters. The first-order valence-corrected chi connectivity index (χ1v) is 7.68. The molecule has 0 aliphatic heterocycles. The Balaban J connectivity index is 1.79. The minimum Gasteiger partial charge on any atom is -0.453 e. The summed E-state index contributed by atoms with van der Waals surface area (Å²) in [7, 11) is 0. The second-order valence-corrected chi connectivity index (χ2v) is 5.94. The van der Waals surface area contributed by atoms with Gasteiger partial charge in [-0.15, -0.1) is 0 Å². The highest BCUT2D eigenvalue weighted by molar-refractivity contribution is 9.10. The lowest BCUT2D eigenvalue weighted by molar-refractivity contribution is 0.110. The quantitative estimate of drug-likeness (QED) is 0.542. The Hall–Kier alpha value is -2.73. The molecule has 23 heavy (non-hydrogen) atoms. The maximum Gasteiger partial charge on any atom is 0.185 e. The summed E-state index contributed by atoms with van der Waals surface area (Å²) >= 11 is 3.41. The van der Waals surface area contributed by atoms with Crippen LogP contribution in [0, 0.1) is 0 Å². The molecule has 1 N–H and O–H groups in total. The molecule has 0 fully saturated rings. The highest BCUT2D eigenvalue weighted by Crippen LogP contribution is 2.27. The molecule has 0 saturated carbocycles. The van der Waals surface area contributed by atoms with E-state index in [2.05, 4.69) is 30.9 Å². The van der Waals surface area contributed by atoms with Crippen LogP contribution in [0.4, 0.5) is 0 Å². The number of hydrogen-bond donors (Lipinski definition) is 1. The van der Waals surface area contributed by atoms with Crippen LogP contribution in [0.3, 0.4) is 0 Å². The number of imidazole rings is 1. The number of aromatic nitrogens is 3. The number of pyridine rings is 1. The number of halogens is 1. The zero-order valence-electron chi connectivity index (χ0n) is 11.8. The van der Waals surface area contributed by atoms with E-state index in [1.54, 1.807) is 24.5 Å². The SMILES string of the molecule is O=Cc1ccc(-c2ccc3nc(-c4cncc(Br)c4)[nH]c3c2)o1. The Labute approximate surface area is 139 Å². The number of furan rings is 1. The predicted molar refractivity (Wildman–Crippen MR) is 90.1 cm³/mol. The largest absolute Gasteiger partial charge is 0.453 e. The van der Waals surface area contributed by atoms with Crippen LogP contribution in [0.25, 0.3) is 33.7 Å². The first-order valence-electron chi connectivity index (χ1n) is 6.89. The first-order chi connectivity index (χ1) is 11.2. The van der Waals surface area contributed by atoms with Crippen LogP contribution in [0.2, 0.25) is 0 Å². The van der Waals surface area contributed by atoms with Crippen LogP contribution in [-0.4, -0.2) is 21.2 Å². The second-order valence-electron chi connectivity index (χ2n) is 5.03. The first kappa shape index (κ1) is 13.9. The monoisotopic (exact) mass is 367 g/mol. The minimum atomic E-state index is 0.311. The highest BCUT2D eigenvalue weighted by Gasteiger charge is 2.09. The van der Waals surface area contributed by atoms with Gasteiger partial charge in [-0.3, -0.25) is 9.78 Å². The molecule has 6 heteroatoms. The van der Waals surface area contributed by atoms with Crippen LogP contribution >= 0.6 is 15.9 Å². The summed E-state index contributed by atoms with van der Waals surface area (Å²) in [6.07, 6.45) is 4.18. The van der Waals surface area contributed by atoms with Crippen molar-refractivity contribution in [3.8, 4) is 22.7 Å². The fourth-order valence-electron chi connectivity index (χ4n) is 2.41. The third-order valence-corrected chi connectivity index (χ3v) is 3.92. The predicted octanol–water partition coefficient (Wildman–Crippen LogP) is 4.46. The Morgan fingerprint density at radius 1 is 1.09 bits per heavy atom. The summed E-state index contributed by atoms with van der Waals surface area (Å²) < 4.78 is 6.35. The fraction of sp³-hybridized carbons (Fsp3) is 0. The van der Waals surface area contributed by atoms with E-state index in [0.717, 1.165) is 32.5 Å². The van der Waals surface area contributed by atoms with E-state index in [4.69, 9.17) is 4.42 Å². The van der Waals surface area contributed by atoms with E-state index in [-0.39, 0.29) is 0 Å². The smallest absolute Gasteiger partial charge is 0.185 e. The van der Waals surface area contributed by atoms with Crippen molar-refractivity contribution < 1.29 is 9.21 Å². The van der Waals surface area contributed by atoms with Crippen LogP contribution in [0.1, 0.15) is 10.6 Å². The average Bonchev–Trinajstić information content (AvgIpc) is 3.20. The summed E-state index contributed by atoms with van der Waals surface area (Å²) in [5.74, 6) is 1.71. The maximum atomic E-state index is 10.7. The van der Waals surface area contributed by atoms with Gasteiger partial charge in [-0.05, 0) is 52.3 Å². The Morgan fingerprint density at radius 3 is 2.78 bits per heavy atom. The Morgan fingerprint density at radius 2 is 2.00 bits per heavy atom. The molecule has 3 aromatic heterocycles. The van der Waals surface area contributed by atoms with Gasteiger partial charge in [0.05, 0.1) is 11.0 Å². The van der Waals surface area contributed by atoms with Crippen molar-refractivity contribution in [1.29, 1.82) is 0 Å². The third kappa shape index (κ3) is 2.57. The summed E-state index contributed by atoms with van der Waals surface area (Å²) in [4.78, 5) is 22.7. The van der Waals surface area contributed by atoms with Gasteiger partial charge in [-0.2, -0.15) is 0 Å².